The first-order valence-corrected chi connectivity index (χ1v) is 12.2. The highest BCUT2D eigenvalue weighted by molar-refractivity contribution is 5.95. The van der Waals surface area contributed by atoms with Crippen molar-refractivity contribution in [1.82, 2.24) is 10.2 Å². The smallest absolute Gasteiger partial charge is 0.408 e. The lowest BCUT2D eigenvalue weighted by atomic mass is 9.86. The number of nitrogens with zero attached hydrogens (tertiary/aromatic N) is 1. The Morgan fingerprint density at radius 1 is 0.944 bits per heavy atom. The Labute approximate surface area is 211 Å². The number of ether oxygens (including phenoxy) is 1. The van der Waals surface area contributed by atoms with Gasteiger partial charge in [-0.15, -0.1) is 0 Å². The van der Waals surface area contributed by atoms with Gasteiger partial charge < -0.3 is 20.1 Å². The summed E-state index contributed by atoms with van der Waals surface area (Å²) < 4.78 is 5.23. The highest BCUT2D eigenvalue weighted by Gasteiger charge is 2.32. The standard InChI is InChI=1S/C29H32N2O5/c1-29(2,3)36-28(35)30-24(18-25(32)33)27(34)31-16-14-21(15-17-31)26-22-10-6-4-8-19(22)12-13-20-9-5-7-11-23(20)26/h4-13,24H,14-18H2,1-3H3,(H,30,35)(H,32,33)/t24-/m0/s1. The number of hydrogen-bond donors (Lipinski definition) is 2. The number of piperidine rings is 1. The maximum absolute atomic E-state index is 13.2. The van der Waals surface area contributed by atoms with Gasteiger partial charge in [0.15, 0.2) is 0 Å². The summed E-state index contributed by atoms with van der Waals surface area (Å²) in [7, 11) is 0. The normalized spacial score (nSPS) is 15.9. The van der Waals surface area contributed by atoms with Gasteiger partial charge in [0.25, 0.3) is 0 Å². The van der Waals surface area contributed by atoms with Gasteiger partial charge in [0.05, 0.1) is 6.42 Å². The number of amides is 2. The molecule has 36 heavy (non-hydrogen) atoms. The van der Waals surface area contributed by atoms with E-state index in [2.05, 4.69) is 41.7 Å². The molecule has 188 valence electrons. The summed E-state index contributed by atoms with van der Waals surface area (Å²) in [5.41, 5.74) is 6.35. The van der Waals surface area contributed by atoms with Crippen LogP contribution in [0.3, 0.4) is 0 Å². The van der Waals surface area contributed by atoms with Crippen molar-refractivity contribution in [1.29, 1.82) is 0 Å². The molecule has 1 aliphatic heterocycles. The van der Waals surface area contributed by atoms with E-state index in [1.54, 1.807) is 25.7 Å². The first-order valence-electron chi connectivity index (χ1n) is 12.2. The Balaban J connectivity index is 1.56. The number of carbonyl (C=O) groups excluding carboxylic acids is 2. The van der Waals surface area contributed by atoms with Crippen LogP contribution in [0.25, 0.3) is 17.7 Å². The van der Waals surface area contributed by atoms with Gasteiger partial charge in [0.1, 0.15) is 11.6 Å². The van der Waals surface area contributed by atoms with Crippen molar-refractivity contribution < 1.29 is 24.2 Å². The van der Waals surface area contributed by atoms with Crippen LogP contribution in [-0.4, -0.2) is 52.7 Å². The van der Waals surface area contributed by atoms with E-state index in [0.29, 0.717) is 25.9 Å². The minimum Gasteiger partial charge on any atom is -0.481 e. The third-order valence-electron chi connectivity index (χ3n) is 6.30. The lowest BCUT2D eigenvalue weighted by Crippen LogP contribution is -2.51. The second-order valence-corrected chi connectivity index (χ2v) is 10.1. The minimum atomic E-state index is -1.19. The molecule has 0 radical (unpaired) electrons. The maximum atomic E-state index is 13.2. The Hall–Kier alpha value is -3.87. The quantitative estimate of drug-likeness (QED) is 0.541. The van der Waals surface area contributed by atoms with Gasteiger partial charge in [-0.25, -0.2) is 4.79 Å². The molecule has 2 aromatic carbocycles. The zero-order valence-electron chi connectivity index (χ0n) is 20.9. The van der Waals surface area contributed by atoms with E-state index in [1.807, 2.05) is 24.3 Å². The van der Waals surface area contributed by atoms with Gasteiger partial charge in [0.2, 0.25) is 5.91 Å². The lowest BCUT2D eigenvalue weighted by molar-refractivity contribution is -0.142. The van der Waals surface area contributed by atoms with Crippen LogP contribution in [0.15, 0.2) is 54.1 Å². The van der Waals surface area contributed by atoms with Gasteiger partial charge in [-0.05, 0) is 61.4 Å². The molecule has 2 aliphatic rings. The van der Waals surface area contributed by atoms with Gasteiger partial charge in [-0.2, -0.15) is 0 Å². The summed E-state index contributed by atoms with van der Waals surface area (Å²) in [6, 6.07) is 15.4. The molecule has 0 aromatic heterocycles. The number of fused-ring (bicyclic) bond motifs is 2. The molecule has 4 rings (SSSR count). The molecule has 1 aliphatic carbocycles. The number of carboxylic acids is 1. The average molecular weight is 489 g/mol. The van der Waals surface area contributed by atoms with Gasteiger partial charge in [0, 0.05) is 13.1 Å². The van der Waals surface area contributed by atoms with Crippen LogP contribution in [0.4, 0.5) is 4.79 Å². The summed E-state index contributed by atoms with van der Waals surface area (Å²) in [5.74, 6) is -1.57. The molecule has 1 heterocycles. The number of benzene rings is 2. The number of carboxylic acid groups (broad SMARTS) is 1. The van der Waals surface area contributed by atoms with Crippen molar-refractivity contribution in [2.24, 2.45) is 0 Å². The second-order valence-electron chi connectivity index (χ2n) is 10.1. The monoisotopic (exact) mass is 488 g/mol. The molecule has 7 heteroatoms. The van der Waals surface area contributed by atoms with Crippen molar-refractivity contribution in [3.8, 4) is 0 Å². The van der Waals surface area contributed by atoms with Crippen LogP contribution in [0, 0.1) is 0 Å². The molecule has 2 amide bonds. The predicted molar refractivity (Wildman–Crippen MR) is 139 cm³/mol. The number of alkyl carbamates (subject to hydrolysis) is 1. The summed E-state index contributed by atoms with van der Waals surface area (Å²) in [5, 5.41) is 11.8. The SMILES string of the molecule is CC(C)(C)OC(=O)N[C@@H](CC(=O)O)C(=O)N1CCC(=C2c3ccccc3C=Cc3ccccc32)CC1. The number of nitrogens with one attached hydrogen (secondary N) is 1. The van der Waals surface area contributed by atoms with Gasteiger partial charge in [-0.3, -0.25) is 9.59 Å². The van der Waals surface area contributed by atoms with Crippen molar-refractivity contribution in [2.75, 3.05) is 13.1 Å². The topological polar surface area (TPSA) is 95.9 Å². The summed E-state index contributed by atoms with van der Waals surface area (Å²) in [6.45, 7) is 6.02. The third-order valence-corrected chi connectivity index (χ3v) is 6.30. The summed E-state index contributed by atoms with van der Waals surface area (Å²) >= 11 is 0. The Kier molecular flexibility index (Phi) is 7.29. The van der Waals surface area contributed by atoms with E-state index in [1.165, 1.54) is 22.3 Å². The summed E-state index contributed by atoms with van der Waals surface area (Å²) in [4.78, 5) is 38.5. The molecule has 7 nitrogen and oxygen atoms in total. The van der Waals surface area contributed by atoms with Crippen molar-refractivity contribution >= 4 is 35.7 Å². The molecule has 1 fully saturated rings. The number of likely N-dealkylation sites (tertiary alicyclic amines) is 1. The van der Waals surface area contributed by atoms with Crippen LogP contribution in [-0.2, 0) is 14.3 Å². The fourth-order valence-corrected chi connectivity index (χ4v) is 4.74. The maximum Gasteiger partial charge on any atom is 0.408 e. The molecule has 2 aromatic rings. The average Bonchev–Trinajstić information content (AvgIpc) is 2.99. The van der Waals surface area contributed by atoms with Gasteiger partial charge >= 0.3 is 12.1 Å². The number of hydrogen-bond acceptors (Lipinski definition) is 4. The van der Waals surface area contributed by atoms with Crippen LogP contribution in [0.1, 0.15) is 62.3 Å². The van der Waals surface area contributed by atoms with E-state index >= 15 is 0 Å². The minimum absolute atomic E-state index is 0.407. The molecule has 2 N–H and O–H groups in total. The Morgan fingerprint density at radius 2 is 1.47 bits per heavy atom. The predicted octanol–water partition coefficient (Wildman–Crippen LogP) is 4.96. The van der Waals surface area contributed by atoms with E-state index in [4.69, 9.17) is 4.74 Å². The molecule has 1 saturated heterocycles. The lowest BCUT2D eigenvalue weighted by Gasteiger charge is -2.33. The fourth-order valence-electron chi connectivity index (χ4n) is 4.74. The van der Waals surface area contributed by atoms with E-state index in [0.717, 1.165) is 11.1 Å². The molecular formula is C29H32N2O5. The third kappa shape index (κ3) is 5.85. The number of rotatable bonds is 4. The molecule has 1 atom stereocenters. The first-order chi connectivity index (χ1) is 17.1. The van der Waals surface area contributed by atoms with E-state index in [-0.39, 0.29) is 0 Å². The highest BCUT2D eigenvalue weighted by atomic mass is 16.6. The zero-order chi connectivity index (χ0) is 25.9. The molecule has 0 saturated carbocycles. The van der Waals surface area contributed by atoms with E-state index < -0.39 is 36.0 Å². The molecule has 0 spiro atoms. The van der Waals surface area contributed by atoms with Crippen molar-refractivity contribution in [3.63, 3.8) is 0 Å². The van der Waals surface area contributed by atoms with Crippen molar-refractivity contribution in [2.45, 2.75) is 51.7 Å². The number of aliphatic carboxylic acids is 1. The van der Waals surface area contributed by atoms with Crippen LogP contribution in [0.5, 0.6) is 0 Å². The van der Waals surface area contributed by atoms with Gasteiger partial charge in [-0.1, -0.05) is 66.3 Å². The molecule has 0 unspecified atom stereocenters. The molecule has 0 bridgehead atoms. The largest absolute Gasteiger partial charge is 0.481 e. The van der Waals surface area contributed by atoms with Crippen molar-refractivity contribution in [3.05, 3.63) is 76.4 Å². The Bertz CT molecular complexity index is 1180. The van der Waals surface area contributed by atoms with Crippen LogP contribution in [0.2, 0.25) is 0 Å². The fraction of sp³-hybridized carbons (Fsp3) is 0.345. The van der Waals surface area contributed by atoms with Crippen LogP contribution < -0.4 is 5.32 Å². The molecular weight excluding hydrogens is 456 g/mol. The first kappa shape index (κ1) is 25.2. The van der Waals surface area contributed by atoms with Crippen LogP contribution >= 0.6 is 0 Å². The summed E-state index contributed by atoms with van der Waals surface area (Å²) in [6.07, 6.45) is 4.29. The second kappa shape index (κ2) is 10.4. The van der Waals surface area contributed by atoms with E-state index in [9.17, 15) is 19.5 Å². The highest BCUT2D eigenvalue weighted by Crippen LogP contribution is 2.38. The number of carbonyl (C=O) groups is 3. The Morgan fingerprint density at radius 3 is 1.97 bits per heavy atom. The zero-order valence-corrected chi connectivity index (χ0v) is 20.9.